The highest BCUT2D eigenvalue weighted by Gasteiger charge is 2.31. The van der Waals surface area contributed by atoms with Crippen molar-refractivity contribution in [1.29, 1.82) is 0 Å². The highest BCUT2D eigenvalue weighted by molar-refractivity contribution is 5.64. The first kappa shape index (κ1) is 13.1. The number of ether oxygens (including phenoxy) is 1. The molecule has 17 heavy (non-hydrogen) atoms. The Morgan fingerprint density at radius 2 is 2.00 bits per heavy atom. The molecule has 4 nitrogen and oxygen atoms in total. The molecule has 2 N–H and O–H groups in total. The van der Waals surface area contributed by atoms with E-state index >= 15 is 0 Å². The molecule has 1 amide bonds. The van der Waals surface area contributed by atoms with Crippen LogP contribution < -0.4 is 10.1 Å². The van der Waals surface area contributed by atoms with Crippen molar-refractivity contribution in [2.24, 2.45) is 0 Å². The van der Waals surface area contributed by atoms with Gasteiger partial charge in [0.2, 0.25) is 0 Å². The van der Waals surface area contributed by atoms with Crippen LogP contribution in [0.5, 0.6) is 5.75 Å². The summed E-state index contributed by atoms with van der Waals surface area (Å²) in [6.07, 6.45) is -5.85. The van der Waals surface area contributed by atoms with Gasteiger partial charge in [0.15, 0.2) is 0 Å². The first-order valence-electron chi connectivity index (χ1n) is 4.69. The fraction of sp³-hybridized carbons (Fsp3) is 0.300. The summed E-state index contributed by atoms with van der Waals surface area (Å²) in [5.74, 6) is -0.313. The minimum Gasteiger partial charge on any atom is -0.465 e. The van der Waals surface area contributed by atoms with E-state index < -0.39 is 12.5 Å². The van der Waals surface area contributed by atoms with Crippen LogP contribution in [0, 0.1) is 0 Å². The molecule has 0 fully saturated rings. The minimum absolute atomic E-state index is 0.0214. The van der Waals surface area contributed by atoms with Crippen molar-refractivity contribution >= 4 is 6.09 Å². The molecule has 0 saturated carbocycles. The largest absolute Gasteiger partial charge is 0.573 e. The highest BCUT2D eigenvalue weighted by atomic mass is 19.4. The molecule has 0 aliphatic carbocycles. The van der Waals surface area contributed by atoms with E-state index in [1.54, 1.807) is 6.07 Å². The summed E-state index contributed by atoms with van der Waals surface area (Å²) in [5.41, 5.74) is 0.290. The van der Waals surface area contributed by atoms with Gasteiger partial charge in [-0.1, -0.05) is 18.2 Å². The quantitative estimate of drug-likeness (QED) is 0.861. The zero-order chi connectivity index (χ0) is 12.9. The van der Waals surface area contributed by atoms with E-state index in [2.05, 4.69) is 10.1 Å². The monoisotopic (exact) mass is 249 g/mol. The van der Waals surface area contributed by atoms with Crippen LogP contribution in [-0.4, -0.2) is 24.1 Å². The third kappa shape index (κ3) is 5.10. The third-order valence-electron chi connectivity index (χ3n) is 1.87. The molecule has 0 saturated heterocycles. The topological polar surface area (TPSA) is 58.6 Å². The van der Waals surface area contributed by atoms with Crippen molar-refractivity contribution in [3.05, 3.63) is 29.8 Å². The highest BCUT2D eigenvalue weighted by Crippen LogP contribution is 2.26. The molecule has 1 aromatic rings. The number of nitrogens with one attached hydrogen (secondary N) is 1. The van der Waals surface area contributed by atoms with Crippen molar-refractivity contribution in [2.45, 2.75) is 12.8 Å². The van der Waals surface area contributed by atoms with Crippen LogP contribution in [0.15, 0.2) is 24.3 Å². The second kappa shape index (κ2) is 5.42. The first-order valence-corrected chi connectivity index (χ1v) is 4.69. The Balaban J connectivity index is 2.67. The summed E-state index contributed by atoms with van der Waals surface area (Å²) >= 11 is 0. The molecule has 0 spiro atoms. The number of hydrogen-bond donors (Lipinski definition) is 2. The fourth-order valence-electron chi connectivity index (χ4n) is 1.24. The number of rotatable bonds is 4. The Bertz CT molecular complexity index is 393. The van der Waals surface area contributed by atoms with Gasteiger partial charge in [-0.3, -0.25) is 0 Å². The Kier molecular flexibility index (Phi) is 4.19. The van der Waals surface area contributed by atoms with Crippen molar-refractivity contribution in [3.63, 3.8) is 0 Å². The lowest BCUT2D eigenvalue weighted by Gasteiger charge is -2.12. The molecule has 0 aliphatic heterocycles. The number of hydrogen-bond acceptors (Lipinski definition) is 2. The molecule has 0 bridgehead atoms. The molecule has 0 aromatic heterocycles. The Labute approximate surface area is 95.0 Å². The van der Waals surface area contributed by atoms with Gasteiger partial charge in [0.05, 0.1) is 0 Å². The normalized spacial score (nSPS) is 11.0. The molecule has 0 heterocycles. The van der Waals surface area contributed by atoms with Crippen LogP contribution >= 0.6 is 0 Å². The van der Waals surface area contributed by atoms with Crippen molar-refractivity contribution in [3.8, 4) is 5.75 Å². The lowest BCUT2D eigenvalue weighted by molar-refractivity contribution is -0.274. The molecule has 0 radical (unpaired) electrons. The van der Waals surface area contributed by atoms with Gasteiger partial charge in [0.1, 0.15) is 5.75 Å². The van der Waals surface area contributed by atoms with Crippen LogP contribution in [0.3, 0.4) is 0 Å². The molecular weight excluding hydrogens is 239 g/mol. The molecule has 0 aliphatic rings. The lowest BCUT2D eigenvalue weighted by Crippen LogP contribution is -2.24. The van der Waals surface area contributed by atoms with Gasteiger partial charge in [-0.2, -0.15) is 0 Å². The van der Waals surface area contributed by atoms with Crippen LogP contribution in [0.2, 0.25) is 0 Å². The summed E-state index contributed by atoms with van der Waals surface area (Å²) in [5, 5.41) is 10.4. The van der Waals surface area contributed by atoms with E-state index in [9.17, 15) is 18.0 Å². The maximum atomic E-state index is 12.0. The van der Waals surface area contributed by atoms with Gasteiger partial charge >= 0.3 is 12.5 Å². The maximum Gasteiger partial charge on any atom is 0.573 e. The molecule has 0 unspecified atom stereocenters. The smallest absolute Gasteiger partial charge is 0.465 e. The third-order valence-corrected chi connectivity index (χ3v) is 1.87. The second-order valence-corrected chi connectivity index (χ2v) is 3.14. The molecule has 1 rings (SSSR count). The Hall–Kier alpha value is -1.92. The van der Waals surface area contributed by atoms with Gasteiger partial charge in [0, 0.05) is 6.54 Å². The number of halogens is 3. The van der Waals surface area contributed by atoms with Crippen molar-refractivity contribution in [1.82, 2.24) is 5.32 Å². The van der Waals surface area contributed by atoms with Crippen LogP contribution in [0.4, 0.5) is 18.0 Å². The zero-order valence-corrected chi connectivity index (χ0v) is 8.62. The molecular formula is C10H10F3NO3. The van der Waals surface area contributed by atoms with Crippen LogP contribution in [-0.2, 0) is 6.42 Å². The predicted molar refractivity (Wildman–Crippen MR) is 52.9 cm³/mol. The van der Waals surface area contributed by atoms with Crippen LogP contribution in [0.1, 0.15) is 5.56 Å². The average molecular weight is 249 g/mol. The molecule has 1 aromatic carbocycles. The number of carbonyl (C=O) groups is 1. The lowest BCUT2D eigenvalue weighted by atomic mass is 10.1. The molecule has 0 atom stereocenters. The van der Waals surface area contributed by atoms with Crippen molar-refractivity contribution in [2.75, 3.05) is 6.54 Å². The Morgan fingerprint density at radius 1 is 1.35 bits per heavy atom. The number of carboxylic acid groups (broad SMARTS) is 1. The zero-order valence-electron chi connectivity index (χ0n) is 8.62. The summed E-state index contributed by atoms with van der Waals surface area (Å²) in [6, 6.07) is 5.60. The fourth-order valence-corrected chi connectivity index (χ4v) is 1.24. The van der Waals surface area contributed by atoms with Gasteiger partial charge in [-0.05, 0) is 18.1 Å². The van der Waals surface area contributed by atoms with E-state index in [-0.39, 0.29) is 18.7 Å². The van der Waals surface area contributed by atoms with Gasteiger partial charge in [0.25, 0.3) is 0 Å². The van der Waals surface area contributed by atoms with Crippen LogP contribution in [0.25, 0.3) is 0 Å². The Morgan fingerprint density at radius 3 is 2.59 bits per heavy atom. The summed E-state index contributed by atoms with van der Waals surface area (Å²) in [4.78, 5) is 10.2. The first-order chi connectivity index (χ1) is 7.88. The van der Waals surface area contributed by atoms with E-state index in [1.807, 2.05) is 0 Å². The van der Waals surface area contributed by atoms with E-state index in [0.29, 0.717) is 5.56 Å². The summed E-state index contributed by atoms with van der Waals surface area (Å²) in [7, 11) is 0. The minimum atomic E-state index is -4.75. The van der Waals surface area contributed by atoms with Gasteiger partial charge in [-0.15, -0.1) is 13.2 Å². The molecule has 94 valence electrons. The number of benzene rings is 1. The number of alkyl halides is 3. The standard InChI is InChI=1S/C10H10F3NO3/c11-10(12,13)17-8-4-2-1-3-7(8)5-6-14-9(15)16/h1-4,14H,5-6H2,(H,15,16). The number of para-hydroxylation sites is 1. The van der Waals surface area contributed by atoms with Gasteiger partial charge in [-0.25, -0.2) is 4.79 Å². The SMILES string of the molecule is O=C(O)NCCc1ccccc1OC(F)(F)F. The van der Waals surface area contributed by atoms with E-state index in [0.717, 1.165) is 0 Å². The summed E-state index contributed by atoms with van der Waals surface area (Å²) in [6.45, 7) is 0.0214. The number of amides is 1. The average Bonchev–Trinajstić information content (AvgIpc) is 2.17. The molecule has 7 heteroatoms. The van der Waals surface area contributed by atoms with Crippen molar-refractivity contribution < 1.29 is 27.8 Å². The predicted octanol–water partition coefficient (Wildman–Crippen LogP) is 2.40. The summed E-state index contributed by atoms with van der Waals surface area (Å²) < 4.78 is 39.9. The van der Waals surface area contributed by atoms with Gasteiger partial charge < -0.3 is 15.2 Å². The van der Waals surface area contributed by atoms with E-state index in [1.165, 1.54) is 18.2 Å². The van der Waals surface area contributed by atoms with E-state index in [4.69, 9.17) is 5.11 Å². The maximum absolute atomic E-state index is 12.0. The second-order valence-electron chi connectivity index (χ2n) is 3.14.